The Kier molecular flexibility index (Phi) is 3.65. The van der Waals surface area contributed by atoms with E-state index in [1.807, 2.05) is 24.3 Å². The maximum absolute atomic E-state index is 11.6. The van der Waals surface area contributed by atoms with Crippen molar-refractivity contribution in [2.24, 2.45) is 0 Å². The first-order chi connectivity index (χ1) is 9.61. The molecule has 0 fully saturated rings. The van der Waals surface area contributed by atoms with E-state index < -0.39 is 0 Å². The van der Waals surface area contributed by atoms with E-state index >= 15 is 0 Å². The van der Waals surface area contributed by atoms with Crippen LogP contribution in [0.15, 0.2) is 47.5 Å². The first kappa shape index (κ1) is 13.4. The van der Waals surface area contributed by atoms with Crippen LogP contribution in [0, 0.1) is 0 Å². The Labute approximate surface area is 128 Å². The third-order valence-corrected chi connectivity index (χ3v) is 4.09. The van der Waals surface area contributed by atoms with E-state index in [0.717, 1.165) is 11.3 Å². The summed E-state index contributed by atoms with van der Waals surface area (Å²) < 4.78 is 3.81. The largest absolute Gasteiger partial charge is 0.268 e. The molecule has 2 heterocycles. The van der Waals surface area contributed by atoms with Crippen LogP contribution in [-0.2, 0) is 6.54 Å². The van der Waals surface area contributed by atoms with Crippen molar-refractivity contribution >= 4 is 34.7 Å². The molecule has 20 heavy (non-hydrogen) atoms. The second-order valence-corrected chi connectivity index (χ2v) is 6.32. The Morgan fingerprint density at radius 1 is 1.20 bits per heavy atom. The normalized spacial score (nSPS) is 10.9. The van der Waals surface area contributed by atoms with Gasteiger partial charge in [0, 0.05) is 12.3 Å². The molecule has 0 aliphatic rings. The Morgan fingerprint density at radius 3 is 2.50 bits per heavy atom. The average molecular weight is 326 g/mol. The van der Waals surface area contributed by atoms with Crippen LogP contribution in [0.25, 0.3) is 5.69 Å². The molecule has 3 aromatic rings. The third kappa shape index (κ3) is 2.80. The molecule has 0 amide bonds. The van der Waals surface area contributed by atoms with Crippen molar-refractivity contribution < 1.29 is 0 Å². The number of hydrogen-bond acceptors (Lipinski definition) is 3. The fourth-order valence-corrected chi connectivity index (χ4v) is 3.02. The van der Waals surface area contributed by atoms with Gasteiger partial charge < -0.3 is 0 Å². The number of rotatable bonds is 3. The minimum atomic E-state index is -0.0806. The summed E-state index contributed by atoms with van der Waals surface area (Å²) in [4.78, 5) is 11.6. The Morgan fingerprint density at radius 2 is 1.95 bits per heavy atom. The molecule has 102 valence electrons. The van der Waals surface area contributed by atoms with Gasteiger partial charge in [0.2, 0.25) is 0 Å². The highest BCUT2D eigenvalue weighted by Gasteiger charge is 2.04. The monoisotopic (exact) mass is 325 g/mol. The predicted molar refractivity (Wildman–Crippen MR) is 81.3 cm³/mol. The van der Waals surface area contributed by atoms with Crippen molar-refractivity contribution in [1.29, 1.82) is 0 Å². The maximum atomic E-state index is 11.6. The van der Waals surface area contributed by atoms with E-state index in [1.165, 1.54) is 17.6 Å². The van der Waals surface area contributed by atoms with Crippen LogP contribution in [0.1, 0.15) is 5.56 Å². The number of halogens is 2. The highest BCUT2D eigenvalue weighted by atomic mass is 35.5. The molecule has 0 spiro atoms. The second-order valence-electron chi connectivity index (χ2n) is 4.18. The summed E-state index contributed by atoms with van der Waals surface area (Å²) in [5, 5.41) is 4.72. The molecule has 0 saturated carbocycles. The lowest BCUT2D eigenvalue weighted by Gasteiger charge is -2.04. The van der Waals surface area contributed by atoms with Crippen LogP contribution in [0.2, 0.25) is 9.36 Å². The molecule has 0 atom stereocenters. The van der Waals surface area contributed by atoms with E-state index in [2.05, 4.69) is 5.10 Å². The number of aromatic nitrogens is 3. The summed E-state index contributed by atoms with van der Waals surface area (Å²) in [5.74, 6) is 0. The molecule has 0 aliphatic carbocycles. The van der Waals surface area contributed by atoms with Crippen molar-refractivity contribution in [2.75, 3.05) is 0 Å². The van der Waals surface area contributed by atoms with Gasteiger partial charge in [-0.3, -0.25) is 8.75 Å². The number of benzene rings is 1. The Hall–Kier alpha value is -1.56. The van der Waals surface area contributed by atoms with Gasteiger partial charge in [-0.25, -0.2) is 4.68 Å². The van der Waals surface area contributed by atoms with Gasteiger partial charge in [0.1, 0.15) is 4.34 Å². The summed E-state index contributed by atoms with van der Waals surface area (Å²) in [6.07, 6.45) is 3.32. The lowest BCUT2D eigenvalue weighted by Crippen LogP contribution is -2.12. The molecule has 0 aliphatic heterocycles. The van der Waals surface area contributed by atoms with Crippen LogP contribution in [0.4, 0.5) is 0 Å². The zero-order valence-electron chi connectivity index (χ0n) is 10.2. The molecule has 3 rings (SSSR count). The van der Waals surface area contributed by atoms with E-state index in [9.17, 15) is 4.79 Å². The second kappa shape index (κ2) is 5.44. The topological polar surface area (TPSA) is 39.8 Å². The summed E-state index contributed by atoms with van der Waals surface area (Å²) in [6, 6.07) is 9.18. The Balaban J connectivity index is 1.83. The van der Waals surface area contributed by atoms with E-state index in [4.69, 9.17) is 23.2 Å². The van der Waals surface area contributed by atoms with Gasteiger partial charge in [0.15, 0.2) is 0 Å². The van der Waals surface area contributed by atoms with Gasteiger partial charge >= 0.3 is 0 Å². The quantitative estimate of drug-likeness (QED) is 0.739. The number of hydrogen-bond donors (Lipinski definition) is 0. The van der Waals surface area contributed by atoms with Gasteiger partial charge in [-0.2, -0.15) is 5.10 Å². The van der Waals surface area contributed by atoms with Gasteiger partial charge in [0.05, 0.1) is 23.5 Å². The van der Waals surface area contributed by atoms with Crippen molar-refractivity contribution in [3.8, 4) is 5.69 Å². The van der Waals surface area contributed by atoms with Gasteiger partial charge in [-0.15, -0.1) is 0 Å². The SMILES string of the molecule is O=c1cc(Cl)sn1Cc1ccc(-n2cc(Cl)cn2)cc1. The molecule has 0 radical (unpaired) electrons. The van der Waals surface area contributed by atoms with Crippen molar-refractivity contribution in [3.63, 3.8) is 0 Å². The molecule has 0 N–H and O–H groups in total. The van der Waals surface area contributed by atoms with Crippen LogP contribution >= 0.6 is 34.7 Å². The molecule has 2 aromatic heterocycles. The highest BCUT2D eigenvalue weighted by molar-refractivity contribution is 7.11. The molecule has 0 saturated heterocycles. The summed E-state index contributed by atoms with van der Waals surface area (Å²) in [5.41, 5.74) is 1.85. The maximum Gasteiger partial charge on any atom is 0.262 e. The lowest BCUT2D eigenvalue weighted by molar-refractivity contribution is 0.843. The molecule has 4 nitrogen and oxygen atoms in total. The molecular formula is C13H9Cl2N3OS. The first-order valence-electron chi connectivity index (χ1n) is 5.78. The third-order valence-electron chi connectivity index (χ3n) is 2.76. The fraction of sp³-hybridized carbons (Fsp3) is 0.0769. The smallest absolute Gasteiger partial charge is 0.262 e. The summed E-state index contributed by atoms with van der Waals surface area (Å²) in [6.45, 7) is 0.510. The zero-order chi connectivity index (χ0) is 14.1. The van der Waals surface area contributed by atoms with Crippen LogP contribution in [0.5, 0.6) is 0 Å². The zero-order valence-corrected chi connectivity index (χ0v) is 12.5. The number of nitrogens with zero attached hydrogens (tertiary/aromatic N) is 3. The minimum Gasteiger partial charge on any atom is -0.268 e. The van der Waals surface area contributed by atoms with E-state index in [1.54, 1.807) is 21.0 Å². The summed E-state index contributed by atoms with van der Waals surface area (Å²) >= 11 is 12.9. The standard InChI is InChI=1S/C13H9Cl2N3OS/c14-10-6-16-17(8-10)11-3-1-9(2-4-11)7-18-13(19)5-12(15)20-18/h1-6,8H,7H2. The lowest BCUT2D eigenvalue weighted by atomic mass is 10.2. The van der Waals surface area contributed by atoms with Gasteiger partial charge in [-0.05, 0) is 29.2 Å². The Bertz CT molecular complexity index is 789. The minimum absolute atomic E-state index is 0.0806. The highest BCUT2D eigenvalue weighted by Crippen LogP contribution is 2.16. The molecule has 7 heteroatoms. The van der Waals surface area contributed by atoms with E-state index in [0.29, 0.717) is 15.9 Å². The summed E-state index contributed by atoms with van der Waals surface area (Å²) in [7, 11) is 0. The molecule has 0 bridgehead atoms. The predicted octanol–water partition coefficient (Wildman–Crippen LogP) is 3.45. The van der Waals surface area contributed by atoms with Gasteiger partial charge in [-0.1, -0.05) is 35.3 Å². The molecule has 1 aromatic carbocycles. The van der Waals surface area contributed by atoms with Crippen LogP contribution in [-0.4, -0.2) is 13.7 Å². The van der Waals surface area contributed by atoms with Crippen LogP contribution < -0.4 is 5.56 Å². The van der Waals surface area contributed by atoms with Crippen molar-refractivity contribution in [3.05, 3.63) is 68.0 Å². The van der Waals surface area contributed by atoms with Crippen molar-refractivity contribution in [1.82, 2.24) is 13.7 Å². The first-order valence-corrected chi connectivity index (χ1v) is 7.31. The van der Waals surface area contributed by atoms with Gasteiger partial charge in [0.25, 0.3) is 5.56 Å². The van der Waals surface area contributed by atoms with Crippen LogP contribution in [0.3, 0.4) is 0 Å². The molecule has 0 unspecified atom stereocenters. The van der Waals surface area contributed by atoms with E-state index in [-0.39, 0.29) is 5.56 Å². The van der Waals surface area contributed by atoms with Crippen molar-refractivity contribution in [2.45, 2.75) is 6.54 Å². The average Bonchev–Trinajstić information content (AvgIpc) is 2.97. The fourth-order valence-electron chi connectivity index (χ4n) is 1.82. The molecular weight excluding hydrogens is 317 g/mol.